The maximum Gasteiger partial charge on any atom is 0.232 e. The van der Waals surface area contributed by atoms with E-state index >= 15 is 0 Å². The lowest BCUT2D eigenvalue weighted by molar-refractivity contribution is 0.107. The monoisotopic (exact) mass is 434 g/mol. The molecule has 1 aliphatic carbocycles. The quantitative estimate of drug-likeness (QED) is 0.534. The molecule has 170 valence electrons. The van der Waals surface area contributed by atoms with Gasteiger partial charge in [0.15, 0.2) is 0 Å². The molecular weight excluding hydrogens is 392 g/mol. The molecule has 5 heteroatoms. The third kappa shape index (κ3) is 6.23. The molecule has 30 heavy (non-hydrogen) atoms. The van der Waals surface area contributed by atoms with Crippen LogP contribution in [0.5, 0.6) is 0 Å². The number of rotatable bonds is 9. The van der Waals surface area contributed by atoms with Crippen LogP contribution in [0, 0.1) is 11.8 Å². The number of benzene rings is 1. The highest BCUT2D eigenvalue weighted by Gasteiger charge is 2.38. The molecule has 0 aromatic heterocycles. The average Bonchev–Trinajstić information content (AvgIpc) is 2.71. The van der Waals surface area contributed by atoms with Gasteiger partial charge in [0.25, 0.3) is 0 Å². The number of piperidine rings is 1. The molecule has 1 saturated heterocycles. The van der Waals surface area contributed by atoms with E-state index < -0.39 is 10.0 Å². The Balaban J connectivity index is 1.56. The van der Waals surface area contributed by atoms with E-state index in [1.165, 1.54) is 57.1 Å². The van der Waals surface area contributed by atoms with E-state index in [9.17, 15) is 8.42 Å². The molecule has 3 rings (SSSR count). The van der Waals surface area contributed by atoms with Gasteiger partial charge >= 0.3 is 0 Å². The molecule has 2 unspecified atom stereocenters. The van der Waals surface area contributed by atoms with Crippen molar-refractivity contribution in [2.75, 3.05) is 30.1 Å². The summed E-state index contributed by atoms with van der Waals surface area (Å²) in [4.78, 5) is 2.66. The van der Waals surface area contributed by atoms with Crippen LogP contribution in [0.2, 0.25) is 0 Å². The van der Waals surface area contributed by atoms with Crippen LogP contribution < -0.4 is 4.72 Å². The van der Waals surface area contributed by atoms with Crippen molar-refractivity contribution in [1.29, 1.82) is 0 Å². The largest absolute Gasteiger partial charge is 0.303 e. The highest BCUT2D eigenvalue weighted by molar-refractivity contribution is 7.92. The fourth-order valence-corrected chi connectivity index (χ4v) is 6.59. The first-order valence-corrected chi connectivity index (χ1v) is 13.8. The second-order valence-electron chi connectivity index (χ2n) is 10.0. The zero-order chi connectivity index (χ0) is 21.6. The normalized spacial score (nSPS) is 26.6. The molecule has 0 spiro atoms. The summed E-state index contributed by atoms with van der Waals surface area (Å²) in [5.41, 5.74) is 2.05. The van der Waals surface area contributed by atoms with Crippen LogP contribution in [0.15, 0.2) is 24.3 Å². The molecule has 0 bridgehead atoms. The van der Waals surface area contributed by atoms with Crippen molar-refractivity contribution < 1.29 is 8.42 Å². The molecular formula is C25H42N2O2S. The van der Waals surface area contributed by atoms with Crippen molar-refractivity contribution in [3.8, 4) is 0 Å². The number of likely N-dealkylation sites (tertiary alicyclic amines) is 1. The summed E-state index contributed by atoms with van der Waals surface area (Å²) < 4.78 is 27.1. The Labute approximate surface area is 184 Å². The molecule has 1 saturated carbocycles. The van der Waals surface area contributed by atoms with Gasteiger partial charge in [0.05, 0.1) is 5.75 Å². The number of nitrogens with zero attached hydrogens (tertiary/aromatic N) is 1. The highest BCUT2D eigenvalue weighted by Crippen LogP contribution is 2.40. The summed E-state index contributed by atoms with van der Waals surface area (Å²) in [6, 6.07) is 8.09. The maximum atomic E-state index is 12.2. The Morgan fingerprint density at radius 3 is 2.67 bits per heavy atom. The van der Waals surface area contributed by atoms with E-state index in [-0.39, 0.29) is 11.2 Å². The molecule has 1 aromatic carbocycles. The van der Waals surface area contributed by atoms with Gasteiger partial charge < -0.3 is 4.90 Å². The van der Waals surface area contributed by atoms with E-state index in [1.54, 1.807) is 0 Å². The molecule has 4 nitrogen and oxygen atoms in total. The minimum Gasteiger partial charge on any atom is -0.303 e. The summed E-state index contributed by atoms with van der Waals surface area (Å²) in [5.74, 6) is 1.69. The Kier molecular flexibility index (Phi) is 8.25. The van der Waals surface area contributed by atoms with Crippen molar-refractivity contribution in [2.45, 2.75) is 84.0 Å². The second-order valence-corrected chi connectivity index (χ2v) is 11.9. The van der Waals surface area contributed by atoms with Crippen molar-refractivity contribution in [3.05, 3.63) is 29.8 Å². The molecule has 1 aromatic rings. The van der Waals surface area contributed by atoms with Gasteiger partial charge in [-0.05, 0) is 73.7 Å². The van der Waals surface area contributed by atoms with Gasteiger partial charge in [-0.25, -0.2) is 8.42 Å². The van der Waals surface area contributed by atoms with Gasteiger partial charge in [-0.15, -0.1) is 0 Å². The van der Waals surface area contributed by atoms with Crippen LogP contribution in [0.3, 0.4) is 0 Å². The second kappa shape index (κ2) is 10.5. The lowest BCUT2D eigenvalue weighted by atomic mass is 9.68. The van der Waals surface area contributed by atoms with Crippen molar-refractivity contribution >= 4 is 15.7 Å². The number of hydrogen-bond donors (Lipinski definition) is 1. The minimum absolute atomic E-state index is 0.0894. The predicted octanol–water partition coefficient (Wildman–Crippen LogP) is 5.80. The Hall–Kier alpha value is -1.07. The molecule has 1 heterocycles. The molecule has 1 aliphatic heterocycles. The van der Waals surface area contributed by atoms with Crippen molar-refractivity contribution in [3.63, 3.8) is 0 Å². The van der Waals surface area contributed by atoms with Crippen molar-refractivity contribution in [2.24, 2.45) is 11.8 Å². The number of nitrogens with one attached hydrogen (secondary N) is 1. The van der Waals surface area contributed by atoms with Gasteiger partial charge in [0.2, 0.25) is 10.0 Å². The van der Waals surface area contributed by atoms with E-state index in [0.717, 1.165) is 25.4 Å². The van der Waals surface area contributed by atoms with Crippen molar-refractivity contribution in [1.82, 2.24) is 4.90 Å². The van der Waals surface area contributed by atoms with Crippen LogP contribution in [-0.2, 0) is 15.4 Å². The van der Waals surface area contributed by atoms with Crippen LogP contribution in [-0.4, -0.2) is 38.7 Å². The summed E-state index contributed by atoms with van der Waals surface area (Å²) >= 11 is 0. The lowest BCUT2D eigenvalue weighted by Crippen LogP contribution is -2.47. The molecule has 2 aliphatic rings. The molecule has 0 amide bonds. The lowest BCUT2D eigenvalue weighted by Gasteiger charge is -2.45. The van der Waals surface area contributed by atoms with Crippen LogP contribution >= 0.6 is 0 Å². The Morgan fingerprint density at radius 2 is 1.97 bits per heavy atom. The van der Waals surface area contributed by atoms with Gasteiger partial charge in [0, 0.05) is 12.2 Å². The van der Waals surface area contributed by atoms with Crippen LogP contribution in [0.1, 0.15) is 84.1 Å². The zero-order valence-electron chi connectivity index (χ0n) is 19.3. The van der Waals surface area contributed by atoms with E-state index in [1.807, 2.05) is 19.1 Å². The van der Waals surface area contributed by atoms with Gasteiger partial charge in [-0.2, -0.15) is 0 Å². The van der Waals surface area contributed by atoms with Gasteiger partial charge in [-0.3, -0.25) is 4.72 Å². The number of hydrogen-bond acceptors (Lipinski definition) is 3. The van der Waals surface area contributed by atoms with E-state index in [2.05, 4.69) is 35.6 Å². The van der Waals surface area contributed by atoms with Gasteiger partial charge in [-0.1, -0.05) is 65.0 Å². The average molecular weight is 435 g/mol. The standard InChI is InChI=1S/C25H42N2O2S/c1-4-18-30(28,29)26-24-14-8-13-23(19-24)25(3)15-17-27(20-21(25)2)16-9-12-22-10-6-5-7-11-22/h8,13-14,19,21-22,26H,4-7,9-12,15-18,20H2,1-3H3. The first-order valence-electron chi connectivity index (χ1n) is 12.2. The maximum absolute atomic E-state index is 12.2. The van der Waals surface area contributed by atoms with E-state index in [0.29, 0.717) is 18.0 Å². The SMILES string of the molecule is CCCS(=O)(=O)Nc1cccc(C2(C)CCN(CCCC3CCCCC3)CC2C)c1. The fraction of sp³-hybridized carbons (Fsp3) is 0.760. The van der Waals surface area contributed by atoms with Crippen LogP contribution in [0.25, 0.3) is 0 Å². The highest BCUT2D eigenvalue weighted by atomic mass is 32.2. The molecule has 1 N–H and O–H groups in total. The fourth-order valence-electron chi connectivity index (χ4n) is 5.47. The van der Waals surface area contributed by atoms with E-state index in [4.69, 9.17) is 0 Å². The molecule has 0 radical (unpaired) electrons. The molecule has 2 atom stereocenters. The smallest absolute Gasteiger partial charge is 0.232 e. The Morgan fingerprint density at radius 1 is 1.20 bits per heavy atom. The third-order valence-corrected chi connectivity index (χ3v) is 9.14. The minimum atomic E-state index is -3.25. The number of anilines is 1. The van der Waals surface area contributed by atoms with Crippen LogP contribution in [0.4, 0.5) is 5.69 Å². The predicted molar refractivity (Wildman–Crippen MR) is 128 cm³/mol. The summed E-state index contributed by atoms with van der Waals surface area (Å²) in [6.07, 6.45) is 11.7. The first-order chi connectivity index (χ1) is 14.3. The summed E-state index contributed by atoms with van der Waals surface area (Å²) in [6.45, 7) is 10.1. The third-order valence-electron chi connectivity index (χ3n) is 7.65. The summed E-state index contributed by atoms with van der Waals surface area (Å²) in [5, 5.41) is 0. The summed E-state index contributed by atoms with van der Waals surface area (Å²) in [7, 11) is -3.25. The van der Waals surface area contributed by atoms with Gasteiger partial charge in [0.1, 0.15) is 0 Å². The number of sulfonamides is 1. The first kappa shape index (κ1) is 23.6. The topological polar surface area (TPSA) is 49.4 Å². The molecule has 2 fully saturated rings. The zero-order valence-corrected chi connectivity index (χ0v) is 20.1. The Bertz CT molecular complexity index is 773.